The number of ketones is 3. The van der Waals surface area contributed by atoms with E-state index in [0.717, 1.165) is 57.8 Å². The van der Waals surface area contributed by atoms with E-state index in [4.69, 9.17) is 0 Å². The van der Waals surface area contributed by atoms with Gasteiger partial charge in [0.25, 0.3) is 0 Å². The molecule has 0 aromatic carbocycles. The highest BCUT2D eigenvalue weighted by molar-refractivity contribution is 5.86. The van der Waals surface area contributed by atoms with Gasteiger partial charge in [0.05, 0.1) is 0 Å². The minimum absolute atomic E-state index is 0.0705. The summed E-state index contributed by atoms with van der Waals surface area (Å²) in [5.41, 5.74) is 0. The zero-order valence-electron chi connectivity index (χ0n) is 21.1. The molecule has 33 heavy (non-hydrogen) atoms. The van der Waals surface area contributed by atoms with Crippen LogP contribution in [0.3, 0.4) is 0 Å². The molecule has 0 heterocycles. The van der Waals surface area contributed by atoms with Crippen molar-refractivity contribution in [3.05, 3.63) is 12.2 Å². The summed E-state index contributed by atoms with van der Waals surface area (Å²) >= 11 is 0. The Balaban J connectivity index is 1.47. The first-order chi connectivity index (χ1) is 15.9. The molecule has 0 aromatic rings. The van der Waals surface area contributed by atoms with E-state index in [1.807, 2.05) is 0 Å². The second-order valence-electron chi connectivity index (χ2n) is 12.2. The molecule has 0 spiro atoms. The van der Waals surface area contributed by atoms with Crippen molar-refractivity contribution in [3.8, 4) is 0 Å². The van der Waals surface area contributed by atoms with E-state index in [2.05, 4.69) is 19.1 Å². The Morgan fingerprint density at radius 3 is 2.12 bits per heavy atom. The lowest BCUT2D eigenvalue weighted by molar-refractivity contribution is -0.135. The molecule has 3 fully saturated rings. The zero-order valence-corrected chi connectivity index (χ0v) is 21.1. The molecule has 4 aliphatic rings. The average Bonchev–Trinajstić information content (AvgIpc) is 3.35. The fourth-order valence-corrected chi connectivity index (χ4v) is 7.96. The molecule has 3 heteroatoms. The van der Waals surface area contributed by atoms with Gasteiger partial charge >= 0.3 is 0 Å². The lowest BCUT2D eigenvalue weighted by Crippen LogP contribution is -2.41. The van der Waals surface area contributed by atoms with Crippen LogP contribution in [0.2, 0.25) is 0 Å². The van der Waals surface area contributed by atoms with Gasteiger partial charge in [0.15, 0.2) is 0 Å². The smallest absolute Gasteiger partial charge is 0.139 e. The first-order valence-electron chi connectivity index (χ1n) is 14.1. The molecule has 0 saturated heterocycles. The monoisotopic (exact) mass is 454 g/mol. The lowest BCUT2D eigenvalue weighted by Gasteiger charge is -2.42. The van der Waals surface area contributed by atoms with E-state index in [9.17, 15) is 14.4 Å². The predicted octanol–water partition coefficient (Wildman–Crippen LogP) is 7.13. The summed E-state index contributed by atoms with van der Waals surface area (Å²) in [7, 11) is 0. The van der Waals surface area contributed by atoms with Crippen molar-refractivity contribution in [1.29, 1.82) is 0 Å². The van der Waals surface area contributed by atoms with E-state index in [1.165, 1.54) is 38.5 Å². The summed E-state index contributed by atoms with van der Waals surface area (Å²) in [6.07, 6.45) is 20.4. The molecule has 3 nitrogen and oxygen atoms in total. The number of allylic oxidation sites excluding steroid dienone is 2. The highest BCUT2D eigenvalue weighted by atomic mass is 16.1. The molecule has 4 rings (SSSR count). The fourth-order valence-electron chi connectivity index (χ4n) is 7.96. The van der Waals surface area contributed by atoms with Crippen LogP contribution in [0, 0.1) is 47.3 Å². The normalized spacial score (nSPS) is 34.8. The van der Waals surface area contributed by atoms with Gasteiger partial charge in [0.1, 0.15) is 17.3 Å². The van der Waals surface area contributed by atoms with E-state index < -0.39 is 0 Å². The third-order valence-electron chi connectivity index (χ3n) is 9.69. The molecule has 0 aliphatic heterocycles. The van der Waals surface area contributed by atoms with Crippen LogP contribution >= 0.6 is 0 Å². The summed E-state index contributed by atoms with van der Waals surface area (Å²) in [4.78, 5) is 39.2. The van der Waals surface area contributed by atoms with Crippen LogP contribution in [0.25, 0.3) is 0 Å². The minimum atomic E-state index is 0.0705. The molecule has 4 aliphatic carbocycles. The third kappa shape index (κ3) is 6.25. The van der Waals surface area contributed by atoms with Crippen molar-refractivity contribution in [3.63, 3.8) is 0 Å². The summed E-state index contributed by atoms with van der Waals surface area (Å²) in [5.74, 6) is 3.65. The van der Waals surface area contributed by atoms with E-state index in [1.54, 1.807) is 6.92 Å². The van der Waals surface area contributed by atoms with Gasteiger partial charge in [0, 0.05) is 30.1 Å². The summed E-state index contributed by atoms with van der Waals surface area (Å²) in [6, 6.07) is 0. The number of carbonyl (C=O) groups is 3. The molecular formula is C30H46O3. The van der Waals surface area contributed by atoms with Crippen LogP contribution in [0.15, 0.2) is 12.2 Å². The Hall–Kier alpha value is -1.25. The van der Waals surface area contributed by atoms with Crippen LogP contribution in [0.1, 0.15) is 110 Å². The van der Waals surface area contributed by atoms with E-state index in [-0.39, 0.29) is 29.5 Å². The standard InChI is InChI=1S/C30H46O3/c1-20-15-26(21(2)31)19-27(16-20)30(33)29(24-12-4-3-5-13-24)25-14-8-9-22(17-25)18-28(32)23-10-6-7-11-23/h6-7,20,22-27,29H,3-5,8-19H2,1-2H3/t20?,22?,25?,26?,27-,29?/m0/s1. The zero-order chi connectivity index (χ0) is 23.4. The molecular weight excluding hydrogens is 408 g/mol. The molecule has 0 aromatic heterocycles. The highest BCUT2D eigenvalue weighted by Gasteiger charge is 2.43. The Bertz CT molecular complexity index is 723. The van der Waals surface area contributed by atoms with Crippen LogP contribution in [-0.2, 0) is 14.4 Å². The van der Waals surface area contributed by atoms with Crippen molar-refractivity contribution in [2.24, 2.45) is 47.3 Å². The van der Waals surface area contributed by atoms with Gasteiger partial charge in [0.2, 0.25) is 0 Å². The van der Waals surface area contributed by atoms with Gasteiger partial charge in [-0.3, -0.25) is 14.4 Å². The maximum absolute atomic E-state index is 14.2. The van der Waals surface area contributed by atoms with Crippen molar-refractivity contribution >= 4 is 17.3 Å². The Morgan fingerprint density at radius 1 is 0.758 bits per heavy atom. The van der Waals surface area contributed by atoms with Crippen LogP contribution in [-0.4, -0.2) is 17.3 Å². The molecule has 0 bridgehead atoms. The number of rotatable bonds is 8. The van der Waals surface area contributed by atoms with Gasteiger partial charge in [-0.15, -0.1) is 0 Å². The molecule has 6 atom stereocenters. The molecule has 0 amide bonds. The van der Waals surface area contributed by atoms with E-state index in [0.29, 0.717) is 35.2 Å². The lowest BCUT2D eigenvalue weighted by atomic mass is 9.61. The molecule has 184 valence electrons. The molecule has 3 saturated carbocycles. The third-order valence-corrected chi connectivity index (χ3v) is 9.69. The largest absolute Gasteiger partial charge is 0.300 e. The van der Waals surface area contributed by atoms with Crippen molar-refractivity contribution in [2.75, 3.05) is 0 Å². The Labute approximate surface area is 201 Å². The van der Waals surface area contributed by atoms with Crippen molar-refractivity contribution < 1.29 is 14.4 Å². The van der Waals surface area contributed by atoms with Crippen LogP contribution in [0.4, 0.5) is 0 Å². The first kappa shape index (κ1) is 24.9. The SMILES string of the molecule is CC(=O)C1CC(C)C[C@H](C(=O)C(C2CCCCC2)C2CCCC(CC(=O)C3CC=CC3)C2)C1. The van der Waals surface area contributed by atoms with Gasteiger partial charge < -0.3 is 0 Å². The quantitative estimate of drug-likeness (QED) is 0.367. The van der Waals surface area contributed by atoms with Gasteiger partial charge in [-0.05, 0) is 88.4 Å². The Morgan fingerprint density at radius 2 is 1.42 bits per heavy atom. The predicted molar refractivity (Wildman–Crippen MR) is 133 cm³/mol. The Kier molecular flexibility index (Phi) is 8.63. The second-order valence-corrected chi connectivity index (χ2v) is 12.2. The number of hydrogen-bond acceptors (Lipinski definition) is 3. The van der Waals surface area contributed by atoms with Crippen molar-refractivity contribution in [1.82, 2.24) is 0 Å². The molecule has 0 radical (unpaired) electrons. The summed E-state index contributed by atoms with van der Waals surface area (Å²) in [5, 5.41) is 0. The van der Waals surface area contributed by atoms with Crippen molar-refractivity contribution in [2.45, 2.75) is 110 Å². The van der Waals surface area contributed by atoms with Gasteiger partial charge in [-0.2, -0.15) is 0 Å². The van der Waals surface area contributed by atoms with Crippen LogP contribution in [0.5, 0.6) is 0 Å². The summed E-state index contributed by atoms with van der Waals surface area (Å²) in [6.45, 7) is 3.94. The maximum Gasteiger partial charge on any atom is 0.139 e. The van der Waals surface area contributed by atoms with Gasteiger partial charge in [-0.25, -0.2) is 0 Å². The minimum Gasteiger partial charge on any atom is -0.300 e. The van der Waals surface area contributed by atoms with Crippen LogP contribution < -0.4 is 0 Å². The topological polar surface area (TPSA) is 51.2 Å². The molecule has 5 unspecified atom stereocenters. The van der Waals surface area contributed by atoms with Gasteiger partial charge in [-0.1, -0.05) is 51.2 Å². The molecule has 0 N–H and O–H groups in total. The second kappa shape index (κ2) is 11.5. The number of hydrogen-bond donors (Lipinski definition) is 0. The first-order valence-corrected chi connectivity index (χ1v) is 14.1. The fraction of sp³-hybridized carbons (Fsp3) is 0.833. The maximum atomic E-state index is 14.2. The average molecular weight is 455 g/mol. The number of carbonyl (C=O) groups excluding carboxylic acids is 3. The summed E-state index contributed by atoms with van der Waals surface area (Å²) < 4.78 is 0. The highest BCUT2D eigenvalue weighted by Crippen LogP contribution is 2.46. The number of Topliss-reactive ketones (excluding diaryl/α,β-unsaturated/α-hetero) is 3. The van der Waals surface area contributed by atoms with E-state index >= 15 is 0 Å².